The number of halogens is 1. The van der Waals surface area contributed by atoms with Crippen LogP contribution >= 0.6 is 55.9 Å². The van der Waals surface area contributed by atoms with Crippen LogP contribution in [-0.4, -0.2) is 240 Å². The Morgan fingerprint density at radius 1 is 0.879 bits per heavy atom. The first-order valence-electron chi connectivity index (χ1n) is 29.3. The number of benzene rings is 1. The van der Waals surface area contributed by atoms with Crippen molar-refractivity contribution in [2.24, 2.45) is 0 Å². The molecule has 6 aliphatic rings. The number of thioether (sulfide) groups is 1. The average molecular weight is 1450 g/mol. The predicted molar refractivity (Wildman–Crippen MR) is 341 cm³/mol. The van der Waals surface area contributed by atoms with E-state index >= 15 is 0 Å². The molecule has 7 rings (SSSR count). The Labute approximate surface area is 554 Å². The Bertz CT molecular complexity index is 3020. The Kier molecular flexibility index (Phi) is 27.0. The minimum Gasteiger partial charge on any atom is -0.492 e. The van der Waals surface area contributed by atoms with E-state index in [4.69, 9.17) is 61.7 Å². The molecule has 7 N–H and O–H groups in total. The van der Waals surface area contributed by atoms with Crippen LogP contribution in [0.4, 0.5) is 4.79 Å². The highest BCUT2D eigenvalue weighted by Gasteiger charge is 2.53. The van der Waals surface area contributed by atoms with Crippen LogP contribution in [0, 0.1) is 34.2 Å². The van der Waals surface area contributed by atoms with Gasteiger partial charge in [-0.15, -0.1) is 0 Å². The fraction of sp³-hybridized carbons (Fsp3) is 0.656. The number of nitrogens with one attached hydrogen (secondary N) is 2. The lowest BCUT2D eigenvalue weighted by molar-refractivity contribution is -0.333. The number of likely N-dealkylation sites (N-methyl/N-ethyl adjacent to an activating group) is 1. The van der Waals surface area contributed by atoms with Crippen molar-refractivity contribution in [1.29, 1.82) is 0 Å². The van der Waals surface area contributed by atoms with Gasteiger partial charge in [0.15, 0.2) is 35.5 Å². The second-order valence-electron chi connectivity index (χ2n) is 22.8. The van der Waals surface area contributed by atoms with Gasteiger partial charge < -0.3 is 92.1 Å². The van der Waals surface area contributed by atoms with Crippen LogP contribution in [0.2, 0.25) is 0 Å². The zero-order chi connectivity index (χ0) is 66.8. The van der Waals surface area contributed by atoms with Crippen molar-refractivity contribution in [2.45, 2.75) is 194 Å². The SMILES string of the molecule is CCN(C(C)=O)C1COC(OC2C(O[C@H]3C#C/C=C\C#C[C@]4(O)CC(=O)C(NC(=O)OC)=C3/C4=C\CSSC(C)(C)CC=O)OC(C)C(NOC3COC(C)C(SC(=O)c4c(C)c(I)c(OC5OC(C)C(O)C(OC)C5O)c(OC)c4OC)C3O)C2O)CC1OC. The monoisotopic (exact) mass is 1450 g/mol. The minimum atomic E-state index is -2.16. The number of alkyl carbamates (subject to hydrolysis) is 1. The highest BCUT2D eigenvalue weighted by molar-refractivity contribution is 14.1. The molecule has 0 saturated carbocycles. The predicted octanol–water partition coefficient (Wildman–Crippen LogP) is 3.20. The molecule has 504 valence electrons. The summed E-state index contributed by atoms with van der Waals surface area (Å²) in [6.07, 6.45) is -14.4. The van der Waals surface area contributed by atoms with Gasteiger partial charge in [0.25, 0.3) is 0 Å². The molecule has 2 amide bonds. The van der Waals surface area contributed by atoms with Gasteiger partial charge in [-0.1, -0.05) is 63.1 Å². The zero-order valence-electron chi connectivity index (χ0n) is 52.8. The number of Topliss-reactive ketones (excluding diaryl/α,β-unsaturated/α-hetero) is 1. The summed E-state index contributed by atoms with van der Waals surface area (Å²) < 4.78 is 72.3. The molecule has 30 heteroatoms. The average Bonchev–Trinajstić information content (AvgIpc) is 0.788. The summed E-state index contributed by atoms with van der Waals surface area (Å²) in [7, 11) is 9.41. The van der Waals surface area contributed by atoms with Gasteiger partial charge in [0.2, 0.25) is 23.1 Å². The van der Waals surface area contributed by atoms with Crippen LogP contribution < -0.4 is 25.0 Å². The number of hydroxylamine groups is 1. The number of hydrogen-bond donors (Lipinski definition) is 7. The summed E-state index contributed by atoms with van der Waals surface area (Å²) in [6.45, 7) is 13.7. The van der Waals surface area contributed by atoms with Gasteiger partial charge >= 0.3 is 6.09 Å². The molecule has 19 atom stereocenters. The standard InChI is InChI=1S/C61H82IN3O23S3/c1-14-65(33(6)67)35-27-82-40(25-38(35)76-9)86-53-48(71)44(30(3)83-58(53)85-37-19-17-15-16-18-21-61(75)26-36(68)45(63-59(74)80-13)42(37)34(61)20-24-89-91-60(7,8)22-23-66)64-88-39-28-81-32(5)55(47(39)70)90-56(73)41-29(2)43(62)51(54(79-12)50(41)77-10)87-57-49(72)52(78-11)46(69)31(4)84-57/h15-16,20,23,30-32,35,37-40,44,46-49,52-53,55,57-58,64,69-72,75H,14,22,24-28H2,1-13H3,(H,63,74)/b16-15-,34-20+/t30?,31?,32?,35?,37-,38?,39?,40?,44?,46?,47?,48?,49?,52?,53?,55?,57?,58?,61-/m0/s1. The van der Waals surface area contributed by atoms with Crippen molar-refractivity contribution in [3.8, 4) is 40.9 Å². The maximum atomic E-state index is 14.7. The van der Waals surface area contributed by atoms with E-state index in [0.29, 0.717) is 15.7 Å². The number of rotatable bonds is 24. The third kappa shape index (κ3) is 17.1. The lowest BCUT2D eigenvalue weighted by atomic mass is 9.75. The van der Waals surface area contributed by atoms with Gasteiger partial charge in [-0.3, -0.25) is 24.5 Å². The number of aliphatic hydroxyl groups excluding tert-OH is 4. The smallest absolute Gasteiger partial charge is 0.411 e. The molecule has 91 heavy (non-hydrogen) atoms. The zero-order valence-corrected chi connectivity index (χ0v) is 57.4. The number of amides is 2. The molecule has 2 aliphatic carbocycles. The fourth-order valence-electron chi connectivity index (χ4n) is 11.3. The number of allylic oxidation sites excluding steroid dienone is 3. The molecule has 0 radical (unpaired) electrons. The van der Waals surface area contributed by atoms with E-state index in [1.807, 2.05) is 43.4 Å². The van der Waals surface area contributed by atoms with Crippen LogP contribution in [0.3, 0.4) is 0 Å². The van der Waals surface area contributed by atoms with Gasteiger partial charge in [-0.05, 0) is 88.8 Å². The van der Waals surface area contributed by atoms with E-state index < -0.39 is 143 Å². The summed E-state index contributed by atoms with van der Waals surface area (Å²) in [4.78, 5) is 74.1. The van der Waals surface area contributed by atoms with Gasteiger partial charge in [-0.2, -0.15) is 5.48 Å². The van der Waals surface area contributed by atoms with Crippen molar-refractivity contribution in [3.05, 3.63) is 49.8 Å². The van der Waals surface area contributed by atoms with Crippen LogP contribution in [-0.2, 0) is 61.9 Å². The molecule has 4 fully saturated rings. The number of aliphatic hydroxyl groups is 5. The van der Waals surface area contributed by atoms with E-state index in [-0.39, 0.29) is 77.4 Å². The van der Waals surface area contributed by atoms with Crippen molar-refractivity contribution < 1.29 is 111 Å². The van der Waals surface area contributed by atoms with Crippen molar-refractivity contribution in [1.82, 2.24) is 15.7 Å². The van der Waals surface area contributed by atoms with Crippen molar-refractivity contribution in [3.63, 3.8) is 0 Å². The number of ketones is 1. The van der Waals surface area contributed by atoms with Gasteiger partial charge in [0.1, 0.15) is 49.0 Å². The van der Waals surface area contributed by atoms with E-state index in [9.17, 15) is 49.5 Å². The van der Waals surface area contributed by atoms with E-state index in [2.05, 4.69) is 34.5 Å². The minimum absolute atomic E-state index is 0.00169. The first-order chi connectivity index (χ1) is 43.2. The van der Waals surface area contributed by atoms with Gasteiger partial charge in [0, 0.05) is 62.2 Å². The molecule has 0 spiro atoms. The fourth-order valence-corrected chi connectivity index (χ4v) is 15.5. The van der Waals surface area contributed by atoms with Crippen LogP contribution in [0.5, 0.6) is 17.2 Å². The number of ether oxygens (including phenoxy) is 12. The van der Waals surface area contributed by atoms with E-state index in [0.717, 1.165) is 25.2 Å². The molecule has 4 saturated heterocycles. The molecule has 1 aromatic carbocycles. The number of nitrogens with zero attached hydrogens (tertiary/aromatic N) is 1. The third-order valence-corrected chi connectivity index (χ3v) is 22.0. The summed E-state index contributed by atoms with van der Waals surface area (Å²) in [5, 5.41) is 60.0. The molecular formula is C61H82IN3O23S3. The number of carbonyl (C=O) groups excluding carboxylic acids is 5. The second-order valence-corrected chi connectivity index (χ2v) is 28.0. The summed E-state index contributed by atoms with van der Waals surface area (Å²) in [5.41, 5.74) is 0.832. The number of carbonyl (C=O) groups is 5. The van der Waals surface area contributed by atoms with E-state index in [1.165, 1.54) is 69.1 Å². The summed E-state index contributed by atoms with van der Waals surface area (Å²) in [5.74, 6) is 10.7. The van der Waals surface area contributed by atoms with Crippen molar-refractivity contribution in [2.75, 3.05) is 61.1 Å². The third-order valence-electron chi connectivity index (χ3n) is 16.2. The molecular weight excluding hydrogens is 1370 g/mol. The second kappa shape index (κ2) is 33.0. The van der Waals surface area contributed by atoms with Crippen LogP contribution in [0.1, 0.15) is 83.7 Å². The maximum absolute atomic E-state index is 14.7. The molecule has 2 bridgehead atoms. The summed E-state index contributed by atoms with van der Waals surface area (Å²) in [6, 6.07) is -1.72. The molecule has 4 aliphatic heterocycles. The van der Waals surface area contributed by atoms with Gasteiger partial charge in [-0.25, -0.2) is 4.79 Å². The highest BCUT2D eigenvalue weighted by Crippen LogP contribution is 2.49. The van der Waals surface area contributed by atoms with Crippen molar-refractivity contribution >= 4 is 85.1 Å². The number of methoxy groups -OCH3 is 5. The number of hydrogen-bond acceptors (Lipinski definition) is 27. The Morgan fingerprint density at radius 2 is 1.58 bits per heavy atom. The van der Waals surface area contributed by atoms with Crippen LogP contribution in [0.25, 0.3) is 0 Å². The number of fused-ring (bicyclic) bond motifs is 2. The lowest BCUT2D eigenvalue weighted by Crippen LogP contribution is -2.65. The normalized spacial score (nSPS) is 34.1. The number of aldehydes is 1. The topological polar surface area (TPSA) is 334 Å². The van der Waals surface area contributed by atoms with E-state index in [1.54, 1.807) is 38.7 Å². The molecule has 4 heterocycles. The molecule has 17 unspecified atom stereocenters. The molecule has 0 aromatic heterocycles. The highest BCUT2D eigenvalue weighted by atomic mass is 127. The van der Waals surface area contributed by atoms with Gasteiger partial charge in [0.05, 0.1) is 104 Å². The molecule has 1 aromatic rings. The Balaban J connectivity index is 1.19. The maximum Gasteiger partial charge on any atom is 0.411 e. The quantitative estimate of drug-likeness (QED) is 0.0195. The van der Waals surface area contributed by atoms with Crippen LogP contribution in [0.15, 0.2) is 35.1 Å². The first-order valence-corrected chi connectivity index (χ1v) is 33.6. The Morgan fingerprint density at radius 3 is 2.23 bits per heavy atom. The lowest BCUT2D eigenvalue weighted by Gasteiger charge is -2.47. The largest absolute Gasteiger partial charge is 0.492 e. The Hall–Kier alpha value is -4.11. The summed E-state index contributed by atoms with van der Waals surface area (Å²) >= 11 is 2.74. The molecule has 26 nitrogen and oxygen atoms in total. The first kappa shape index (κ1) is 74.3.